The molecule has 1 aliphatic heterocycles. The number of urea groups is 1. The Bertz CT molecular complexity index is 1100. The maximum absolute atomic E-state index is 13.0. The molecule has 1 N–H and O–H groups in total. The van der Waals surface area contributed by atoms with Gasteiger partial charge in [0, 0.05) is 24.8 Å². The summed E-state index contributed by atoms with van der Waals surface area (Å²) in [5.74, 6) is -1.22. The Morgan fingerprint density at radius 3 is 2.42 bits per heavy atom. The van der Waals surface area contributed by atoms with Crippen molar-refractivity contribution in [1.82, 2.24) is 20.0 Å². The van der Waals surface area contributed by atoms with E-state index in [9.17, 15) is 14.4 Å². The number of hydrogen-bond acceptors (Lipinski definition) is 5. The molecule has 2 aromatic carbocycles. The quantitative estimate of drug-likeness (QED) is 0.622. The highest BCUT2D eigenvalue weighted by Gasteiger charge is 2.32. The number of aromatic nitrogens is 2. The molecule has 0 radical (unpaired) electrons. The second-order valence-corrected chi connectivity index (χ2v) is 7.21. The Hall–Kier alpha value is -3.94. The molecule has 1 aliphatic rings. The van der Waals surface area contributed by atoms with E-state index in [-0.39, 0.29) is 12.1 Å². The molecule has 0 aliphatic carbocycles. The lowest BCUT2D eigenvalue weighted by Crippen LogP contribution is -2.41. The van der Waals surface area contributed by atoms with Gasteiger partial charge >= 0.3 is 12.0 Å². The van der Waals surface area contributed by atoms with Crippen molar-refractivity contribution in [3.05, 3.63) is 78.0 Å². The number of carbonyl (C=O) groups excluding carboxylic acids is 3. The molecule has 8 heteroatoms. The van der Waals surface area contributed by atoms with Gasteiger partial charge in [-0.25, -0.2) is 9.59 Å². The molecule has 158 valence electrons. The number of esters is 1. The monoisotopic (exact) mass is 418 g/mol. The van der Waals surface area contributed by atoms with Crippen LogP contribution in [-0.2, 0) is 16.1 Å². The van der Waals surface area contributed by atoms with Crippen LogP contribution < -0.4 is 5.32 Å². The zero-order valence-electron chi connectivity index (χ0n) is 17.0. The minimum atomic E-state index is -1.10. The van der Waals surface area contributed by atoms with E-state index in [1.807, 2.05) is 60.7 Å². The van der Waals surface area contributed by atoms with Crippen molar-refractivity contribution in [2.45, 2.75) is 19.6 Å². The first-order chi connectivity index (χ1) is 15.0. The number of ether oxygens (including phenoxy) is 1. The molecule has 3 aromatic rings. The SMILES string of the molecule is C[C@@H](OC(=O)c1cn(Cc2ccccc2)nc1-c1ccccc1)C(=O)N1CCNC1=O. The van der Waals surface area contributed by atoms with Crippen molar-refractivity contribution in [2.24, 2.45) is 0 Å². The summed E-state index contributed by atoms with van der Waals surface area (Å²) >= 11 is 0. The van der Waals surface area contributed by atoms with Gasteiger partial charge in [0.2, 0.25) is 0 Å². The van der Waals surface area contributed by atoms with Crippen LogP contribution in [0.2, 0.25) is 0 Å². The lowest BCUT2D eigenvalue weighted by atomic mass is 10.1. The van der Waals surface area contributed by atoms with Crippen LogP contribution in [0.15, 0.2) is 66.9 Å². The van der Waals surface area contributed by atoms with Gasteiger partial charge in [-0.1, -0.05) is 60.7 Å². The molecule has 0 saturated carbocycles. The normalized spacial score (nSPS) is 14.2. The summed E-state index contributed by atoms with van der Waals surface area (Å²) in [5.41, 5.74) is 2.53. The van der Waals surface area contributed by atoms with Gasteiger partial charge in [-0.2, -0.15) is 5.10 Å². The van der Waals surface area contributed by atoms with E-state index in [0.717, 1.165) is 16.0 Å². The summed E-state index contributed by atoms with van der Waals surface area (Å²) in [4.78, 5) is 38.2. The smallest absolute Gasteiger partial charge is 0.342 e. The van der Waals surface area contributed by atoms with E-state index >= 15 is 0 Å². The minimum Gasteiger partial charge on any atom is -0.449 e. The summed E-state index contributed by atoms with van der Waals surface area (Å²) in [6.07, 6.45) is 0.523. The zero-order chi connectivity index (χ0) is 21.8. The minimum absolute atomic E-state index is 0.254. The van der Waals surface area contributed by atoms with Crippen molar-refractivity contribution in [2.75, 3.05) is 13.1 Å². The summed E-state index contributed by atoms with van der Waals surface area (Å²) < 4.78 is 7.10. The molecule has 31 heavy (non-hydrogen) atoms. The largest absolute Gasteiger partial charge is 0.449 e. The van der Waals surface area contributed by atoms with Gasteiger partial charge in [-0.3, -0.25) is 14.4 Å². The predicted molar refractivity (Wildman–Crippen MR) is 113 cm³/mol. The van der Waals surface area contributed by atoms with Crippen LogP contribution in [0.3, 0.4) is 0 Å². The molecule has 1 aromatic heterocycles. The molecule has 0 bridgehead atoms. The van der Waals surface area contributed by atoms with E-state index < -0.39 is 24.0 Å². The summed E-state index contributed by atoms with van der Waals surface area (Å²) in [6, 6.07) is 18.6. The Morgan fingerprint density at radius 1 is 1.10 bits per heavy atom. The highest BCUT2D eigenvalue weighted by Crippen LogP contribution is 2.24. The van der Waals surface area contributed by atoms with Crippen molar-refractivity contribution >= 4 is 17.9 Å². The van der Waals surface area contributed by atoms with E-state index in [1.54, 1.807) is 10.9 Å². The zero-order valence-corrected chi connectivity index (χ0v) is 17.0. The molecule has 1 atom stereocenters. The second-order valence-electron chi connectivity index (χ2n) is 7.21. The van der Waals surface area contributed by atoms with Gasteiger partial charge in [0.25, 0.3) is 5.91 Å². The number of nitrogens with one attached hydrogen (secondary N) is 1. The van der Waals surface area contributed by atoms with Crippen LogP contribution >= 0.6 is 0 Å². The average molecular weight is 418 g/mol. The van der Waals surface area contributed by atoms with Crippen molar-refractivity contribution in [3.63, 3.8) is 0 Å². The molecular weight excluding hydrogens is 396 g/mol. The first-order valence-electron chi connectivity index (χ1n) is 10.00. The third-order valence-electron chi connectivity index (χ3n) is 4.97. The van der Waals surface area contributed by atoms with Crippen LogP contribution in [0.25, 0.3) is 11.3 Å². The van der Waals surface area contributed by atoms with Crippen LogP contribution in [0, 0.1) is 0 Å². The first-order valence-corrected chi connectivity index (χ1v) is 10.00. The molecule has 2 heterocycles. The summed E-state index contributed by atoms with van der Waals surface area (Å²) in [6.45, 7) is 2.58. The van der Waals surface area contributed by atoms with E-state index in [4.69, 9.17) is 4.74 Å². The molecule has 1 fully saturated rings. The molecule has 0 spiro atoms. The molecule has 1 saturated heterocycles. The lowest BCUT2D eigenvalue weighted by Gasteiger charge is -2.18. The second kappa shape index (κ2) is 8.83. The highest BCUT2D eigenvalue weighted by molar-refractivity contribution is 6.01. The first kappa shape index (κ1) is 20.3. The van der Waals surface area contributed by atoms with Gasteiger partial charge in [0.05, 0.1) is 6.54 Å². The van der Waals surface area contributed by atoms with Crippen LogP contribution in [0.5, 0.6) is 0 Å². The fourth-order valence-electron chi connectivity index (χ4n) is 3.41. The predicted octanol–water partition coefficient (Wildman–Crippen LogP) is 2.70. The lowest BCUT2D eigenvalue weighted by molar-refractivity contribution is -0.136. The number of benzene rings is 2. The van der Waals surface area contributed by atoms with Gasteiger partial charge in [0.15, 0.2) is 6.10 Å². The van der Waals surface area contributed by atoms with Crippen LogP contribution in [-0.4, -0.2) is 51.8 Å². The number of carbonyl (C=O) groups is 3. The standard InChI is InChI=1S/C23H22N4O4/c1-16(21(28)27-13-12-24-23(27)30)31-22(29)19-15-26(14-17-8-4-2-5-9-17)25-20(19)18-10-6-3-7-11-18/h2-11,15-16H,12-14H2,1H3,(H,24,30)/t16-/m1/s1. The van der Waals surface area contributed by atoms with E-state index in [2.05, 4.69) is 10.4 Å². The van der Waals surface area contributed by atoms with Gasteiger partial charge in [0.1, 0.15) is 11.3 Å². The maximum Gasteiger partial charge on any atom is 0.342 e. The average Bonchev–Trinajstić information content (AvgIpc) is 3.41. The maximum atomic E-state index is 13.0. The Morgan fingerprint density at radius 2 is 1.77 bits per heavy atom. The van der Waals surface area contributed by atoms with Crippen LogP contribution in [0.4, 0.5) is 4.79 Å². The molecule has 0 unspecified atom stereocenters. The third-order valence-corrected chi connectivity index (χ3v) is 4.97. The third kappa shape index (κ3) is 4.48. The molecule has 8 nitrogen and oxygen atoms in total. The van der Waals surface area contributed by atoms with Gasteiger partial charge in [-0.15, -0.1) is 0 Å². The number of nitrogens with zero attached hydrogens (tertiary/aromatic N) is 3. The molecule has 4 rings (SSSR count). The Kier molecular flexibility index (Phi) is 5.79. The number of amides is 3. The topological polar surface area (TPSA) is 93.5 Å². The number of hydrogen-bond donors (Lipinski definition) is 1. The molecule has 3 amide bonds. The van der Waals surface area contributed by atoms with Crippen molar-refractivity contribution in [1.29, 1.82) is 0 Å². The van der Waals surface area contributed by atoms with Gasteiger partial charge in [-0.05, 0) is 12.5 Å². The van der Waals surface area contributed by atoms with Crippen molar-refractivity contribution < 1.29 is 19.1 Å². The Labute approximate surface area is 179 Å². The highest BCUT2D eigenvalue weighted by atomic mass is 16.5. The number of imide groups is 1. The number of rotatable bonds is 6. The summed E-state index contributed by atoms with van der Waals surface area (Å²) in [7, 11) is 0. The fourth-order valence-corrected chi connectivity index (χ4v) is 3.41. The summed E-state index contributed by atoms with van der Waals surface area (Å²) in [5, 5.41) is 7.15. The van der Waals surface area contributed by atoms with Crippen LogP contribution in [0.1, 0.15) is 22.8 Å². The van der Waals surface area contributed by atoms with E-state index in [1.165, 1.54) is 6.92 Å². The fraction of sp³-hybridized carbons (Fsp3) is 0.217. The van der Waals surface area contributed by atoms with E-state index in [0.29, 0.717) is 18.8 Å². The van der Waals surface area contributed by atoms with Gasteiger partial charge < -0.3 is 10.1 Å². The van der Waals surface area contributed by atoms with Crippen molar-refractivity contribution in [3.8, 4) is 11.3 Å². The Balaban J connectivity index is 1.58. The molecular formula is C23H22N4O4.